The molecule has 3 heteroatoms. The first-order valence-corrected chi connectivity index (χ1v) is 1.33. The molecule has 0 unspecified atom stereocenters. The minimum absolute atomic E-state index is 1.16. The van der Waals surface area contributed by atoms with Gasteiger partial charge in [0.25, 0.3) is 0 Å². The van der Waals surface area contributed by atoms with Crippen molar-refractivity contribution in [2.75, 3.05) is 0 Å². The van der Waals surface area contributed by atoms with Crippen molar-refractivity contribution in [1.82, 2.24) is 0 Å². The second-order valence-electron chi connectivity index (χ2n) is 0.384. The normalized spacial score (nSPS) is 5.80. The molecule has 0 saturated heterocycles. The zero-order chi connectivity index (χ0) is 4.28. The van der Waals surface area contributed by atoms with Gasteiger partial charge in [-0.2, -0.15) is 0 Å². The molecule has 2 nitrogen and oxygen atoms in total. The summed E-state index contributed by atoms with van der Waals surface area (Å²) < 4.78 is 0. The third kappa shape index (κ3) is 3.74. The summed E-state index contributed by atoms with van der Waals surface area (Å²) in [7, 11) is 0. The second kappa shape index (κ2) is 2.01. The Morgan fingerprint density at radius 1 is 2.00 bits per heavy atom. The molecule has 0 aromatic rings. The Bertz CT molecular complexity index is 80.1. The molecule has 0 aliphatic heterocycles. The van der Waals surface area contributed by atoms with Gasteiger partial charge in [0.2, 0.25) is 0 Å². The van der Waals surface area contributed by atoms with Gasteiger partial charge < -0.3 is 0 Å². The van der Waals surface area contributed by atoms with E-state index in [-0.39, 0.29) is 0 Å². The molecule has 0 spiro atoms. The van der Waals surface area contributed by atoms with Crippen molar-refractivity contribution >= 4 is 5.97 Å². The van der Waals surface area contributed by atoms with Gasteiger partial charge in [-0.25, -0.2) is 0 Å². The fraction of sp³-hybridized carbons (Fsp3) is 0. The van der Waals surface area contributed by atoms with Crippen molar-refractivity contribution in [2.45, 2.75) is 0 Å². The molecule has 0 aliphatic rings. The first-order chi connectivity index (χ1) is 2.27. The fourth-order valence-electron chi connectivity index (χ4n) is 0. The van der Waals surface area contributed by atoms with E-state index in [1.165, 1.54) is 0 Å². The number of carbonyl (C=O) groups is 1. The van der Waals surface area contributed by atoms with E-state index in [1.807, 2.05) is 0 Å². The number of hydrogen-bond acceptors (Lipinski definition) is 1. The van der Waals surface area contributed by atoms with Gasteiger partial charge >= 0.3 is 35.5 Å². The molecule has 0 radical (unpaired) electrons. The fourth-order valence-corrected chi connectivity index (χ4v) is 0. The summed E-state index contributed by atoms with van der Waals surface area (Å²) in [5, 5.41) is 7.52. The number of rotatable bonds is 0. The van der Waals surface area contributed by atoms with Crippen molar-refractivity contribution in [3.63, 3.8) is 0 Å². The van der Waals surface area contributed by atoms with Crippen LogP contribution in [-0.2, 0) is 19.6 Å². The molecule has 0 bridgehead atoms. The van der Waals surface area contributed by atoms with Crippen LogP contribution in [0.2, 0.25) is 0 Å². The average Bonchev–Trinajstić information content (AvgIpc) is 1.38. The van der Waals surface area contributed by atoms with Gasteiger partial charge in [-0.1, -0.05) is 0 Å². The molecule has 0 aromatic carbocycles. The molecule has 0 rings (SSSR count). The summed E-state index contributed by atoms with van der Waals surface area (Å²) >= 11 is 3.58. The van der Waals surface area contributed by atoms with Crippen LogP contribution >= 0.6 is 0 Å². The quantitative estimate of drug-likeness (QED) is 0.436. The molecule has 0 saturated carbocycles. The van der Waals surface area contributed by atoms with E-state index in [9.17, 15) is 0 Å². The van der Waals surface area contributed by atoms with Crippen LogP contribution in [0.5, 0.6) is 0 Å². The van der Waals surface area contributed by atoms with Crippen LogP contribution < -0.4 is 0 Å². The Hall–Kier alpha value is -0.256. The standard InChI is InChI=1S/C2HO2.Ni/c1-2(3)4;/h(H,3,4);. The van der Waals surface area contributed by atoms with Crippen LogP contribution in [0.15, 0.2) is 0 Å². The van der Waals surface area contributed by atoms with Crippen LogP contribution in [0.1, 0.15) is 0 Å². The van der Waals surface area contributed by atoms with Gasteiger partial charge in [0.05, 0.1) is 0 Å². The van der Waals surface area contributed by atoms with Gasteiger partial charge in [-0.05, 0) is 0 Å². The average molecular weight is 116 g/mol. The maximum absolute atomic E-state index is 9.16. The molecule has 31 valence electrons. The summed E-state index contributed by atoms with van der Waals surface area (Å²) in [6.07, 6.45) is 0. The van der Waals surface area contributed by atoms with E-state index < -0.39 is 5.97 Å². The van der Waals surface area contributed by atoms with E-state index in [2.05, 4.69) is 14.8 Å². The summed E-state index contributed by atoms with van der Waals surface area (Å²) in [5.41, 5.74) is 0. The van der Waals surface area contributed by atoms with Crippen LogP contribution in [0, 0.1) is 4.80 Å². The number of carboxylic acid groups (broad SMARTS) is 1. The Morgan fingerprint density at radius 2 is 2.20 bits per heavy atom. The van der Waals surface area contributed by atoms with Crippen LogP contribution in [0.3, 0.4) is 0 Å². The van der Waals surface area contributed by atoms with Gasteiger partial charge in [-0.3, -0.25) is 0 Å². The molecule has 0 aliphatic carbocycles. The maximum atomic E-state index is 9.16. The van der Waals surface area contributed by atoms with Crippen molar-refractivity contribution in [2.24, 2.45) is 0 Å². The van der Waals surface area contributed by atoms with E-state index in [0.717, 1.165) is 0 Å². The van der Waals surface area contributed by atoms with E-state index >= 15 is 0 Å². The number of carboxylic acids is 1. The zero-order valence-electron chi connectivity index (χ0n) is 2.17. The van der Waals surface area contributed by atoms with E-state index in [0.29, 0.717) is 0 Å². The zero-order valence-corrected chi connectivity index (χ0v) is 3.16. The summed E-state index contributed by atoms with van der Waals surface area (Å²) in [6.45, 7) is 0. The first-order valence-electron chi connectivity index (χ1n) is 0.836. The minimum atomic E-state index is -1.16. The van der Waals surface area contributed by atoms with Gasteiger partial charge in [-0.15, -0.1) is 0 Å². The van der Waals surface area contributed by atoms with E-state index in [4.69, 9.17) is 9.90 Å². The summed E-state index contributed by atoms with van der Waals surface area (Å²) in [6, 6.07) is 0. The topological polar surface area (TPSA) is 37.3 Å². The third-order valence-electron chi connectivity index (χ3n) is 0.0676. The molecule has 0 amide bonds. The van der Waals surface area contributed by atoms with Crippen LogP contribution in [0.25, 0.3) is 0 Å². The second-order valence-corrected chi connectivity index (χ2v) is 0.631. The predicted molar refractivity (Wildman–Crippen MR) is 11.5 cm³/mol. The van der Waals surface area contributed by atoms with Crippen molar-refractivity contribution in [3.05, 3.63) is 0 Å². The molecular weight excluding hydrogens is 115 g/mol. The van der Waals surface area contributed by atoms with Crippen molar-refractivity contribution in [1.29, 1.82) is 0 Å². The Labute approximate surface area is 36.3 Å². The molecule has 5 heavy (non-hydrogen) atoms. The Morgan fingerprint density at radius 3 is 2.20 bits per heavy atom. The number of hydrogen-bond donors (Lipinski definition) is 1. The molecule has 0 aromatic heterocycles. The van der Waals surface area contributed by atoms with E-state index in [1.54, 1.807) is 4.80 Å². The molecular formula is C2HNiO2. The Balaban J connectivity index is 3.35. The van der Waals surface area contributed by atoms with Gasteiger partial charge in [0.15, 0.2) is 0 Å². The van der Waals surface area contributed by atoms with Crippen LogP contribution in [-0.4, -0.2) is 11.1 Å². The monoisotopic (exact) mass is 115 g/mol. The first kappa shape index (κ1) is 4.74. The SMILES string of the molecule is O=C(O)[C]#[Ni]. The predicted octanol–water partition coefficient (Wildman–Crippen LogP) is -0.423. The van der Waals surface area contributed by atoms with Gasteiger partial charge in [0.1, 0.15) is 0 Å². The summed E-state index contributed by atoms with van der Waals surface area (Å²) in [4.78, 5) is 10.7. The molecule has 0 atom stereocenters. The Kier molecular flexibility index (Phi) is 1.91. The summed E-state index contributed by atoms with van der Waals surface area (Å²) in [5.74, 6) is -1.16. The molecule has 1 N–H and O–H groups in total. The van der Waals surface area contributed by atoms with Crippen molar-refractivity contribution < 1.29 is 24.7 Å². The van der Waals surface area contributed by atoms with Crippen LogP contribution in [0.4, 0.5) is 0 Å². The molecule has 0 fully saturated rings. The van der Waals surface area contributed by atoms with Gasteiger partial charge in [0, 0.05) is 0 Å². The van der Waals surface area contributed by atoms with Crippen molar-refractivity contribution in [3.8, 4) is 4.80 Å². The molecule has 0 heterocycles. The third-order valence-corrected chi connectivity index (χ3v) is 0.279. The number of aliphatic carboxylic acids is 1.